The molecule has 1 saturated carbocycles. The Kier molecular flexibility index (Phi) is 2.86. The Morgan fingerprint density at radius 3 is 2.62 bits per heavy atom. The van der Waals surface area contributed by atoms with E-state index in [4.69, 9.17) is 16.6 Å². The first kappa shape index (κ1) is 12.7. The molecule has 21 heavy (non-hydrogen) atoms. The number of imidazole rings is 1. The van der Waals surface area contributed by atoms with Crippen LogP contribution in [0.1, 0.15) is 35.7 Å². The molecule has 3 aromatic rings. The van der Waals surface area contributed by atoms with E-state index in [9.17, 15) is 0 Å². The van der Waals surface area contributed by atoms with Crippen LogP contribution in [-0.4, -0.2) is 9.97 Å². The standard InChI is InChI=1S/C18H15ClN2/c1-11(12-7-9-14(19)10-8-12)15-3-2-4-16-17(15)21-18(20-16)13-5-6-13/h2-4,7-10,13H,1,5-6H2,(H,20,21). The number of aromatic amines is 1. The van der Waals surface area contributed by atoms with Gasteiger partial charge in [0, 0.05) is 16.5 Å². The quantitative estimate of drug-likeness (QED) is 0.710. The summed E-state index contributed by atoms with van der Waals surface area (Å²) in [5.41, 5.74) is 5.23. The van der Waals surface area contributed by atoms with Crippen molar-refractivity contribution in [3.8, 4) is 0 Å². The maximum Gasteiger partial charge on any atom is 0.110 e. The van der Waals surface area contributed by atoms with Crippen LogP contribution in [0.2, 0.25) is 5.02 Å². The van der Waals surface area contributed by atoms with Gasteiger partial charge in [-0.1, -0.05) is 42.4 Å². The summed E-state index contributed by atoms with van der Waals surface area (Å²) in [5, 5.41) is 0.737. The molecule has 1 aliphatic carbocycles. The number of nitrogens with zero attached hydrogens (tertiary/aromatic N) is 1. The second kappa shape index (κ2) is 4.74. The third-order valence-electron chi connectivity index (χ3n) is 4.01. The van der Waals surface area contributed by atoms with Crippen LogP contribution >= 0.6 is 11.6 Å². The second-order valence-electron chi connectivity index (χ2n) is 5.58. The molecular formula is C18H15ClN2. The van der Waals surface area contributed by atoms with Gasteiger partial charge < -0.3 is 4.98 Å². The van der Waals surface area contributed by atoms with Gasteiger partial charge in [0.25, 0.3) is 0 Å². The van der Waals surface area contributed by atoms with Gasteiger partial charge in [0.2, 0.25) is 0 Å². The molecule has 4 rings (SSSR count). The summed E-state index contributed by atoms with van der Waals surface area (Å²) in [5.74, 6) is 1.73. The van der Waals surface area contributed by atoms with Crippen LogP contribution in [0.5, 0.6) is 0 Å². The van der Waals surface area contributed by atoms with Gasteiger partial charge in [-0.2, -0.15) is 0 Å². The summed E-state index contributed by atoms with van der Waals surface area (Å²) in [7, 11) is 0. The average molecular weight is 295 g/mol. The predicted molar refractivity (Wildman–Crippen MR) is 87.7 cm³/mol. The van der Waals surface area contributed by atoms with E-state index in [1.54, 1.807) is 0 Å². The van der Waals surface area contributed by atoms with Crippen molar-refractivity contribution in [3.63, 3.8) is 0 Å². The van der Waals surface area contributed by atoms with E-state index in [1.165, 1.54) is 12.8 Å². The number of halogens is 1. The summed E-state index contributed by atoms with van der Waals surface area (Å²) < 4.78 is 0. The van der Waals surface area contributed by atoms with Crippen molar-refractivity contribution < 1.29 is 0 Å². The average Bonchev–Trinajstić information content (AvgIpc) is 3.26. The third kappa shape index (κ3) is 2.26. The van der Waals surface area contributed by atoms with Crippen molar-refractivity contribution in [1.29, 1.82) is 0 Å². The fourth-order valence-corrected chi connectivity index (χ4v) is 2.78. The molecule has 2 aromatic carbocycles. The monoisotopic (exact) mass is 294 g/mol. The van der Waals surface area contributed by atoms with Crippen molar-refractivity contribution in [2.45, 2.75) is 18.8 Å². The van der Waals surface area contributed by atoms with E-state index >= 15 is 0 Å². The fourth-order valence-electron chi connectivity index (χ4n) is 2.65. The van der Waals surface area contributed by atoms with Gasteiger partial charge in [-0.3, -0.25) is 0 Å². The summed E-state index contributed by atoms with van der Waals surface area (Å²) in [6.45, 7) is 4.25. The molecule has 0 radical (unpaired) electrons. The Balaban J connectivity index is 1.81. The van der Waals surface area contributed by atoms with E-state index in [2.05, 4.69) is 23.7 Å². The molecule has 2 nitrogen and oxygen atoms in total. The minimum Gasteiger partial charge on any atom is -0.342 e. The second-order valence-corrected chi connectivity index (χ2v) is 6.02. The minimum absolute atomic E-state index is 0.619. The molecule has 1 aromatic heterocycles. The number of benzene rings is 2. The molecule has 3 heteroatoms. The Labute approximate surface area is 128 Å². The largest absolute Gasteiger partial charge is 0.342 e. The molecule has 104 valence electrons. The van der Waals surface area contributed by atoms with Crippen LogP contribution in [0.25, 0.3) is 16.6 Å². The number of aromatic nitrogens is 2. The Morgan fingerprint density at radius 1 is 1.14 bits per heavy atom. The van der Waals surface area contributed by atoms with Gasteiger partial charge in [-0.15, -0.1) is 0 Å². The van der Waals surface area contributed by atoms with Gasteiger partial charge in [0.1, 0.15) is 5.82 Å². The smallest absolute Gasteiger partial charge is 0.110 e. The zero-order valence-corrected chi connectivity index (χ0v) is 12.3. The third-order valence-corrected chi connectivity index (χ3v) is 4.26. The highest BCUT2D eigenvalue weighted by atomic mass is 35.5. The number of nitrogens with one attached hydrogen (secondary N) is 1. The first-order valence-electron chi connectivity index (χ1n) is 7.16. The molecule has 0 bridgehead atoms. The molecule has 0 spiro atoms. The number of H-pyrrole nitrogens is 1. The predicted octanol–water partition coefficient (Wildman–Crippen LogP) is 5.16. The molecule has 0 aliphatic heterocycles. The van der Waals surface area contributed by atoms with Crippen LogP contribution in [0.15, 0.2) is 49.0 Å². The highest BCUT2D eigenvalue weighted by Crippen LogP contribution is 2.40. The van der Waals surface area contributed by atoms with E-state index in [-0.39, 0.29) is 0 Å². The van der Waals surface area contributed by atoms with Crippen molar-refractivity contribution in [1.82, 2.24) is 9.97 Å². The van der Waals surface area contributed by atoms with Crippen LogP contribution < -0.4 is 0 Å². The summed E-state index contributed by atoms with van der Waals surface area (Å²) in [6.07, 6.45) is 2.49. The zero-order chi connectivity index (χ0) is 14.4. The number of fused-ring (bicyclic) bond motifs is 1. The number of rotatable bonds is 3. The SMILES string of the molecule is C=C(c1ccc(Cl)cc1)c1cccc2[nH]c(C3CC3)nc12. The lowest BCUT2D eigenvalue weighted by Crippen LogP contribution is -1.88. The van der Waals surface area contributed by atoms with E-state index in [0.29, 0.717) is 5.92 Å². The van der Waals surface area contributed by atoms with Crippen LogP contribution in [-0.2, 0) is 0 Å². The zero-order valence-electron chi connectivity index (χ0n) is 11.6. The van der Waals surface area contributed by atoms with Crippen molar-refractivity contribution in [3.05, 3.63) is 71.0 Å². The van der Waals surface area contributed by atoms with Gasteiger partial charge >= 0.3 is 0 Å². The lowest BCUT2D eigenvalue weighted by Gasteiger charge is -2.07. The van der Waals surface area contributed by atoms with Gasteiger partial charge in [-0.05, 0) is 42.2 Å². The van der Waals surface area contributed by atoms with Gasteiger partial charge in [-0.25, -0.2) is 4.98 Å². The van der Waals surface area contributed by atoms with Crippen molar-refractivity contribution in [2.24, 2.45) is 0 Å². The maximum absolute atomic E-state index is 5.96. The number of hydrogen-bond donors (Lipinski definition) is 1. The summed E-state index contributed by atoms with van der Waals surface area (Å²) >= 11 is 5.96. The Hall–Kier alpha value is -2.06. The van der Waals surface area contributed by atoms with E-state index in [0.717, 1.165) is 38.6 Å². The number of hydrogen-bond acceptors (Lipinski definition) is 1. The minimum atomic E-state index is 0.619. The van der Waals surface area contributed by atoms with Gasteiger partial charge in [0.15, 0.2) is 0 Å². The van der Waals surface area contributed by atoms with Crippen LogP contribution in [0.3, 0.4) is 0 Å². The van der Waals surface area contributed by atoms with E-state index in [1.807, 2.05) is 30.3 Å². The van der Waals surface area contributed by atoms with Gasteiger partial charge in [0.05, 0.1) is 11.0 Å². The first-order chi connectivity index (χ1) is 10.2. The molecule has 1 aliphatic rings. The molecule has 0 atom stereocenters. The molecule has 0 amide bonds. The molecule has 1 heterocycles. The van der Waals surface area contributed by atoms with Crippen molar-refractivity contribution >= 4 is 28.2 Å². The molecule has 0 unspecified atom stereocenters. The Morgan fingerprint density at radius 2 is 1.90 bits per heavy atom. The summed E-state index contributed by atoms with van der Waals surface area (Å²) in [6, 6.07) is 14.0. The molecule has 1 fully saturated rings. The summed E-state index contributed by atoms with van der Waals surface area (Å²) in [4.78, 5) is 8.24. The highest BCUT2D eigenvalue weighted by Gasteiger charge is 2.27. The number of para-hydroxylation sites is 1. The first-order valence-corrected chi connectivity index (χ1v) is 7.54. The van der Waals surface area contributed by atoms with E-state index < -0.39 is 0 Å². The van der Waals surface area contributed by atoms with Crippen LogP contribution in [0, 0.1) is 0 Å². The van der Waals surface area contributed by atoms with Crippen LogP contribution in [0.4, 0.5) is 0 Å². The molecular weight excluding hydrogens is 280 g/mol. The maximum atomic E-state index is 5.96. The topological polar surface area (TPSA) is 28.7 Å². The molecule has 0 saturated heterocycles. The lowest BCUT2D eigenvalue weighted by molar-refractivity contribution is 0.986. The molecule has 1 N–H and O–H groups in total. The fraction of sp³-hybridized carbons (Fsp3) is 0.167. The normalized spacial score (nSPS) is 14.5. The van der Waals surface area contributed by atoms with Crippen molar-refractivity contribution in [2.75, 3.05) is 0 Å². The Bertz CT molecular complexity index is 826. The lowest BCUT2D eigenvalue weighted by atomic mass is 9.98. The highest BCUT2D eigenvalue weighted by molar-refractivity contribution is 6.30.